The van der Waals surface area contributed by atoms with Crippen LogP contribution in [0.1, 0.15) is 74.1 Å². The van der Waals surface area contributed by atoms with Crippen LogP contribution in [0.5, 0.6) is 0 Å². The predicted octanol–water partition coefficient (Wildman–Crippen LogP) is 4.06. The number of rotatable bonds is 6. The highest BCUT2D eigenvalue weighted by Crippen LogP contribution is 2.41. The Kier molecular flexibility index (Phi) is 10.5. The second kappa shape index (κ2) is 12.7. The molecule has 1 N–H and O–H groups in total. The maximum absolute atomic E-state index is 13.7. The molecular formula is C26H42N4O7. The molecule has 11 nitrogen and oxygen atoms in total. The molecule has 0 radical (unpaired) electrons. The van der Waals surface area contributed by atoms with Crippen LogP contribution in [0.4, 0.5) is 4.79 Å². The lowest BCUT2D eigenvalue weighted by Gasteiger charge is -2.41. The third kappa shape index (κ3) is 6.44. The molecule has 0 spiro atoms. The number of nitrogens with zero attached hydrogens (tertiary/aromatic N) is 4. The molecule has 9 atom stereocenters. The number of hydrogen-bond donors (Lipinski definition) is 1. The van der Waals surface area contributed by atoms with Crippen molar-refractivity contribution in [2.75, 3.05) is 13.1 Å². The monoisotopic (exact) mass is 522 g/mol. The van der Waals surface area contributed by atoms with Gasteiger partial charge >= 0.3 is 12.1 Å². The van der Waals surface area contributed by atoms with E-state index in [0.29, 0.717) is 25.7 Å². The molecular weight excluding hydrogens is 480 g/mol. The van der Waals surface area contributed by atoms with E-state index in [-0.39, 0.29) is 24.8 Å². The van der Waals surface area contributed by atoms with E-state index in [1.807, 2.05) is 0 Å². The van der Waals surface area contributed by atoms with E-state index in [9.17, 15) is 24.3 Å². The van der Waals surface area contributed by atoms with Gasteiger partial charge in [0.1, 0.15) is 17.8 Å². The van der Waals surface area contributed by atoms with Crippen LogP contribution in [0.3, 0.4) is 0 Å². The van der Waals surface area contributed by atoms with Gasteiger partial charge in [0.2, 0.25) is 0 Å². The van der Waals surface area contributed by atoms with E-state index in [0.717, 1.165) is 0 Å². The SMILES string of the molecule is CCC1OC(=O)C(C)C(=O)C(C)[C@@H](O)C(C)C[C@@H](C)C(=O)[C@H](C)[C@H]2N(CCCCN=[N+]=[N-])C(=O)O[C@]12C. The van der Waals surface area contributed by atoms with Crippen LogP contribution in [0.25, 0.3) is 10.4 Å². The van der Waals surface area contributed by atoms with E-state index in [1.54, 1.807) is 41.5 Å². The number of ketones is 2. The Morgan fingerprint density at radius 2 is 1.73 bits per heavy atom. The third-order valence-electron chi connectivity index (χ3n) is 8.16. The number of aliphatic hydroxyl groups excluding tert-OH is 1. The summed E-state index contributed by atoms with van der Waals surface area (Å²) in [7, 11) is 0. The molecule has 1 amide bonds. The number of amides is 1. The number of unbranched alkanes of at least 4 members (excludes halogenated alkanes) is 1. The van der Waals surface area contributed by atoms with Gasteiger partial charge in [-0.1, -0.05) is 39.7 Å². The van der Waals surface area contributed by atoms with Gasteiger partial charge in [0, 0.05) is 35.8 Å². The molecule has 2 fully saturated rings. The summed E-state index contributed by atoms with van der Waals surface area (Å²) in [6.45, 7) is 12.4. The van der Waals surface area contributed by atoms with Gasteiger partial charge < -0.3 is 19.5 Å². The Morgan fingerprint density at radius 1 is 1.08 bits per heavy atom. The van der Waals surface area contributed by atoms with E-state index in [1.165, 1.54) is 11.8 Å². The fraction of sp³-hybridized carbons (Fsp3) is 0.846. The number of Topliss-reactive ketones (excluding diaryl/α,β-unsaturated/α-hetero) is 2. The van der Waals surface area contributed by atoms with Crippen LogP contribution in [0.2, 0.25) is 0 Å². The first-order valence-electron chi connectivity index (χ1n) is 13.3. The lowest BCUT2D eigenvalue weighted by atomic mass is 9.74. The van der Waals surface area contributed by atoms with Crippen LogP contribution in [-0.4, -0.2) is 70.6 Å². The van der Waals surface area contributed by atoms with E-state index in [2.05, 4.69) is 10.0 Å². The minimum atomic E-state index is -1.33. The Balaban J connectivity index is 2.52. The topological polar surface area (TPSA) is 159 Å². The van der Waals surface area contributed by atoms with Crippen LogP contribution in [-0.2, 0) is 23.9 Å². The highest BCUT2D eigenvalue weighted by molar-refractivity contribution is 6.00. The second-order valence-electron chi connectivity index (χ2n) is 10.9. The fourth-order valence-electron chi connectivity index (χ4n) is 5.93. The summed E-state index contributed by atoms with van der Waals surface area (Å²) in [5.41, 5.74) is 7.18. The zero-order chi connectivity index (χ0) is 28.1. The summed E-state index contributed by atoms with van der Waals surface area (Å²) in [5, 5.41) is 14.4. The quantitative estimate of drug-likeness (QED) is 0.137. The molecule has 0 aromatic carbocycles. The van der Waals surface area contributed by atoms with Gasteiger partial charge in [-0.15, -0.1) is 0 Å². The van der Waals surface area contributed by atoms with Gasteiger partial charge in [0.25, 0.3) is 0 Å². The van der Waals surface area contributed by atoms with Crippen molar-refractivity contribution in [1.29, 1.82) is 0 Å². The zero-order valence-corrected chi connectivity index (χ0v) is 23.0. The highest BCUT2D eigenvalue weighted by atomic mass is 16.6. The average Bonchev–Trinajstić information content (AvgIpc) is 3.13. The second-order valence-corrected chi connectivity index (χ2v) is 10.9. The highest BCUT2D eigenvalue weighted by Gasteiger charge is 2.59. The maximum atomic E-state index is 13.7. The normalized spacial score (nSPS) is 37.8. The summed E-state index contributed by atoms with van der Waals surface area (Å²) in [4.78, 5) is 57.2. The molecule has 208 valence electrons. The Hall–Kier alpha value is -2.65. The number of aliphatic hydroxyl groups is 1. The number of azide groups is 1. The first kappa shape index (κ1) is 30.6. The molecule has 0 aliphatic carbocycles. The van der Waals surface area contributed by atoms with Gasteiger partial charge in [-0.25, -0.2) is 4.79 Å². The number of fused-ring (bicyclic) bond motifs is 1. The number of carbonyl (C=O) groups excluding carboxylic acids is 4. The van der Waals surface area contributed by atoms with Crippen molar-refractivity contribution in [2.45, 2.75) is 98.0 Å². The average molecular weight is 523 g/mol. The molecule has 0 aromatic rings. The summed E-state index contributed by atoms with van der Waals surface area (Å²) in [5.74, 6) is -4.68. The van der Waals surface area contributed by atoms with Crippen molar-refractivity contribution in [2.24, 2.45) is 34.7 Å². The first-order valence-corrected chi connectivity index (χ1v) is 13.3. The lowest BCUT2D eigenvalue weighted by molar-refractivity contribution is -0.171. The van der Waals surface area contributed by atoms with Gasteiger partial charge in [-0.2, -0.15) is 0 Å². The van der Waals surface area contributed by atoms with E-state index >= 15 is 0 Å². The van der Waals surface area contributed by atoms with Crippen molar-refractivity contribution in [3.63, 3.8) is 0 Å². The standard InChI is InChI=1S/C26H42N4O7/c1-8-19-26(7)23(30(25(35)37-26)12-10-9-11-28-29-27)17(5)21(32)15(3)13-14(2)20(31)16(4)22(33)18(6)24(34)36-19/h14-20,23,31H,8-13H2,1-7H3/t14?,15-,16?,17+,18?,19?,20+,23-,26-/m1/s1. The molecule has 2 aliphatic heterocycles. The van der Waals surface area contributed by atoms with Crippen molar-refractivity contribution in [3.8, 4) is 0 Å². The maximum Gasteiger partial charge on any atom is 0.410 e. The summed E-state index contributed by atoms with van der Waals surface area (Å²) in [6, 6.07) is -0.722. The molecule has 0 saturated carbocycles. The van der Waals surface area contributed by atoms with E-state index in [4.69, 9.17) is 15.0 Å². The van der Waals surface area contributed by atoms with Gasteiger partial charge in [-0.05, 0) is 51.0 Å². The first-order chi connectivity index (χ1) is 17.3. The smallest absolute Gasteiger partial charge is 0.410 e. The Morgan fingerprint density at radius 3 is 2.32 bits per heavy atom. The number of cyclic esters (lactones) is 1. The Bertz CT molecular complexity index is 921. The van der Waals surface area contributed by atoms with Gasteiger partial charge in [0.05, 0.1) is 12.1 Å². The molecule has 2 saturated heterocycles. The molecule has 11 heteroatoms. The van der Waals surface area contributed by atoms with Crippen LogP contribution >= 0.6 is 0 Å². The van der Waals surface area contributed by atoms with Crippen molar-refractivity contribution < 1.29 is 33.8 Å². The fourth-order valence-corrected chi connectivity index (χ4v) is 5.93. The van der Waals surface area contributed by atoms with Gasteiger partial charge in [0.15, 0.2) is 11.4 Å². The minimum absolute atomic E-state index is 0.0988. The lowest BCUT2D eigenvalue weighted by Crippen LogP contribution is -2.57. The third-order valence-corrected chi connectivity index (χ3v) is 8.16. The van der Waals surface area contributed by atoms with Gasteiger partial charge in [-0.3, -0.25) is 14.4 Å². The Labute approximate surface area is 218 Å². The largest absolute Gasteiger partial charge is 0.458 e. The molecule has 4 unspecified atom stereocenters. The number of carbonyl (C=O) groups is 4. The number of ether oxygens (including phenoxy) is 2. The number of esters is 1. The summed E-state index contributed by atoms with van der Waals surface area (Å²) in [6.07, 6.45) is -0.803. The van der Waals surface area contributed by atoms with Crippen molar-refractivity contribution >= 4 is 23.6 Å². The molecule has 0 bridgehead atoms. The van der Waals surface area contributed by atoms with Crippen LogP contribution in [0, 0.1) is 29.6 Å². The minimum Gasteiger partial charge on any atom is -0.458 e. The van der Waals surface area contributed by atoms with Crippen LogP contribution < -0.4 is 0 Å². The predicted molar refractivity (Wildman–Crippen MR) is 135 cm³/mol. The molecule has 2 aliphatic rings. The molecule has 2 rings (SSSR count). The zero-order valence-electron chi connectivity index (χ0n) is 23.0. The van der Waals surface area contributed by atoms with Crippen molar-refractivity contribution in [3.05, 3.63) is 10.4 Å². The summed E-state index contributed by atoms with van der Waals surface area (Å²) >= 11 is 0. The molecule has 0 aromatic heterocycles. The summed E-state index contributed by atoms with van der Waals surface area (Å²) < 4.78 is 11.7. The number of hydrogen-bond acceptors (Lipinski definition) is 8. The van der Waals surface area contributed by atoms with Crippen LogP contribution in [0.15, 0.2) is 5.11 Å². The molecule has 2 heterocycles. The molecule has 37 heavy (non-hydrogen) atoms. The van der Waals surface area contributed by atoms with Crippen molar-refractivity contribution in [1.82, 2.24) is 4.90 Å². The van der Waals surface area contributed by atoms with E-state index < -0.39 is 65.4 Å².